The van der Waals surface area contributed by atoms with Crippen molar-refractivity contribution in [2.75, 3.05) is 40.0 Å². The number of rotatable bonds is 3. The Morgan fingerprint density at radius 1 is 1.43 bits per heavy atom. The number of sulfonamides is 1. The molecule has 122 valence electrons. The molecule has 2 heterocycles. The average molecular weight is 319 g/mol. The Labute approximate surface area is 126 Å². The van der Waals surface area contributed by atoms with E-state index < -0.39 is 10.0 Å². The van der Waals surface area contributed by atoms with Crippen LogP contribution in [0.25, 0.3) is 0 Å². The molecule has 1 spiro atoms. The number of carbonyl (C=O) groups is 1. The van der Waals surface area contributed by atoms with E-state index in [9.17, 15) is 13.2 Å². The second kappa shape index (κ2) is 6.10. The summed E-state index contributed by atoms with van der Waals surface area (Å²) >= 11 is 0. The van der Waals surface area contributed by atoms with Crippen molar-refractivity contribution in [1.82, 2.24) is 14.5 Å². The minimum atomic E-state index is -3.20. The minimum Gasteiger partial charge on any atom is -0.368 e. The van der Waals surface area contributed by atoms with Gasteiger partial charge in [0.05, 0.1) is 24.5 Å². The van der Waals surface area contributed by atoms with Gasteiger partial charge in [-0.2, -0.15) is 0 Å². The molecule has 0 aromatic heterocycles. The van der Waals surface area contributed by atoms with E-state index in [1.54, 1.807) is 19.0 Å². The molecule has 2 aliphatic heterocycles. The van der Waals surface area contributed by atoms with E-state index in [4.69, 9.17) is 4.74 Å². The Morgan fingerprint density at radius 3 is 2.76 bits per heavy atom. The summed E-state index contributed by atoms with van der Waals surface area (Å²) in [6.07, 6.45) is 4.65. The lowest BCUT2D eigenvalue weighted by Gasteiger charge is -2.38. The molecule has 0 radical (unpaired) electrons. The van der Waals surface area contributed by atoms with E-state index >= 15 is 0 Å². The first-order valence-electron chi connectivity index (χ1n) is 7.29. The second-order valence-electron chi connectivity index (χ2n) is 6.28. The maximum absolute atomic E-state index is 12.0. The third-order valence-corrected chi connectivity index (χ3v) is 4.81. The number of carbonyl (C=O) groups excluding carboxylic acids is 1. The zero-order valence-corrected chi connectivity index (χ0v) is 13.8. The lowest BCUT2D eigenvalue weighted by atomic mass is 9.90. The summed E-state index contributed by atoms with van der Waals surface area (Å²) in [5.74, 6) is 0. The lowest BCUT2D eigenvalue weighted by Crippen LogP contribution is -2.48. The van der Waals surface area contributed by atoms with E-state index in [2.05, 4.69) is 4.72 Å². The first kappa shape index (κ1) is 16.5. The third kappa shape index (κ3) is 4.31. The van der Waals surface area contributed by atoms with Gasteiger partial charge in [0.15, 0.2) is 0 Å². The fourth-order valence-corrected chi connectivity index (χ4v) is 3.59. The van der Waals surface area contributed by atoms with Gasteiger partial charge in [0.1, 0.15) is 0 Å². The van der Waals surface area contributed by atoms with Crippen LogP contribution in [0, 0.1) is 0 Å². The Kier molecular flexibility index (Phi) is 4.79. The topological polar surface area (TPSA) is 79.0 Å². The van der Waals surface area contributed by atoms with Crippen molar-refractivity contribution in [3.05, 3.63) is 0 Å². The molecule has 2 rings (SSSR count). The molecule has 21 heavy (non-hydrogen) atoms. The van der Waals surface area contributed by atoms with Crippen LogP contribution in [0.5, 0.6) is 0 Å². The molecule has 0 aliphatic carbocycles. The van der Waals surface area contributed by atoms with Crippen molar-refractivity contribution >= 4 is 16.1 Å². The fraction of sp³-hybridized carbons (Fsp3) is 0.923. The van der Waals surface area contributed by atoms with Crippen LogP contribution >= 0.6 is 0 Å². The number of nitrogens with zero attached hydrogens (tertiary/aromatic N) is 2. The molecule has 1 N–H and O–H groups in total. The summed E-state index contributed by atoms with van der Waals surface area (Å²) in [5, 5.41) is 0. The van der Waals surface area contributed by atoms with Gasteiger partial charge < -0.3 is 14.5 Å². The molecule has 0 aromatic rings. The van der Waals surface area contributed by atoms with E-state index in [0.717, 1.165) is 31.9 Å². The SMILES string of the molecule is CN(C)C(=O)N1CC[C@]2(CCC[C@@H](CNS(C)(=O)=O)O2)C1. The maximum atomic E-state index is 12.0. The molecule has 2 atom stereocenters. The van der Waals surface area contributed by atoms with E-state index in [1.807, 2.05) is 4.90 Å². The first-order chi connectivity index (χ1) is 9.71. The highest BCUT2D eigenvalue weighted by Crippen LogP contribution is 2.36. The summed E-state index contributed by atoms with van der Waals surface area (Å²) in [6.45, 7) is 1.60. The zero-order chi connectivity index (χ0) is 15.7. The van der Waals surface area contributed by atoms with Gasteiger partial charge in [-0.25, -0.2) is 17.9 Å². The number of amides is 2. The number of ether oxygens (including phenoxy) is 1. The molecule has 0 aromatic carbocycles. The highest BCUT2D eigenvalue weighted by molar-refractivity contribution is 7.88. The van der Waals surface area contributed by atoms with Crippen LogP contribution < -0.4 is 4.72 Å². The van der Waals surface area contributed by atoms with Crippen molar-refractivity contribution in [1.29, 1.82) is 0 Å². The van der Waals surface area contributed by atoms with Crippen LogP contribution in [0.1, 0.15) is 25.7 Å². The summed E-state index contributed by atoms with van der Waals surface area (Å²) in [4.78, 5) is 15.4. The second-order valence-corrected chi connectivity index (χ2v) is 8.12. The van der Waals surface area contributed by atoms with Gasteiger partial charge in [0, 0.05) is 27.2 Å². The average Bonchev–Trinajstić information content (AvgIpc) is 2.78. The van der Waals surface area contributed by atoms with Gasteiger partial charge in [-0.15, -0.1) is 0 Å². The molecule has 0 unspecified atom stereocenters. The maximum Gasteiger partial charge on any atom is 0.319 e. The molecule has 2 aliphatic rings. The molecule has 2 amide bonds. The normalized spacial score (nSPS) is 29.9. The van der Waals surface area contributed by atoms with Crippen LogP contribution in [-0.2, 0) is 14.8 Å². The van der Waals surface area contributed by atoms with Crippen LogP contribution in [0.2, 0.25) is 0 Å². The Bertz CT molecular complexity index is 494. The largest absolute Gasteiger partial charge is 0.368 e. The van der Waals surface area contributed by atoms with Crippen molar-refractivity contribution in [2.24, 2.45) is 0 Å². The summed E-state index contributed by atoms with van der Waals surface area (Å²) in [6, 6.07) is 0.00635. The van der Waals surface area contributed by atoms with E-state index in [-0.39, 0.29) is 17.7 Å². The van der Waals surface area contributed by atoms with Gasteiger partial charge in [-0.1, -0.05) is 0 Å². The molecular formula is C13H25N3O4S. The Balaban J connectivity index is 1.93. The minimum absolute atomic E-state index is 0.00635. The van der Waals surface area contributed by atoms with Crippen molar-refractivity contribution in [3.8, 4) is 0 Å². The van der Waals surface area contributed by atoms with E-state index in [1.165, 1.54) is 0 Å². The van der Waals surface area contributed by atoms with Crippen molar-refractivity contribution in [3.63, 3.8) is 0 Å². The monoisotopic (exact) mass is 319 g/mol. The molecule has 7 nitrogen and oxygen atoms in total. The highest BCUT2D eigenvalue weighted by atomic mass is 32.2. The van der Waals surface area contributed by atoms with Crippen molar-refractivity contribution < 1.29 is 17.9 Å². The summed E-state index contributed by atoms with van der Waals surface area (Å²) < 4.78 is 31.0. The molecule has 0 bridgehead atoms. The lowest BCUT2D eigenvalue weighted by molar-refractivity contribution is -0.116. The van der Waals surface area contributed by atoms with Crippen LogP contribution in [0.3, 0.4) is 0 Å². The van der Waals surface area contributed by atoms with Crippen molar-refractivity contribution in [2.45, 2.75) is 37.4 Å². The number of nitrogens with one attached hydrogen (secondary N) is 1. The number of hydrogen-bond acceptors (Lipinski definition) is 4. The number of likely N-dealkylation sites (tertiary alicyclic amines) is 1. The standard InChI is InChI=1S/C13H25N3O4S/c1-15(2)12(17)16-8-7-13(10-16)6-4-5-11(20-13)9-14-21(3,18)19/h11,14H,4-10H2,1-3H3/t11-,13+/m0/s1. The number of hydrogen-bond donors (Lipinski definition) is 1. The quantitative estimate of drug-likeness (QED) is 0.808. The number of urea groups is 1. The fourth-order valence-electron chi connectivity index (χ4n) is 3.10. The molecule has 8 heteroatoms. The Morgan fingerprint density at radius 2 is 2.14 bits per heavy atom. The Hall–Kier alpha value is -0.860. The van der Waals surface area contributed by atoms with E-state index in [0.29, 0.717) is 19.6 Å². The smallest absolute Gasteiger partial charge is 0.319 e. The molecule has 2 saturated heterocycles. The predicted octanol–water partition coefficient (Wildman–Crippen LogP) is 0.231. The van der Waals surface area contributed by atoms with Crippen LogP contribution in [-0.4, -0.2) is 75.9 Å². The summed E-state index contributed by atoms with van der Waals surface area (Å²) in [7, 11) is 0.293. The summed E-state index contributed by atoms with van der Waals surface area (Å²) in [5.41, 5.74) is -0.298. The van der Waals surface area contributed by atoms with Crippen LogP contribution in [0.4, 0.5) is 4.79 Å². The van der Waals surface area contributed by atoms with Crippen LogP contribution in [0.15, 0.2) is 0 Å². The van der Waals surface area contributed by atoms with Gasteiger partial charge in [-0.05, 0) is 25.7 Å². The van der Waals surface area contributed by atoms with Gasteiger partial charge in [0.2, 0.25) is 10.0 Å². The molecule has 0 saturated carbocycles. The zero-order valence-electron chi connectivity index (χ0n) is 13.0. The predicted molar refractivity (Wildman–Crippen MR) is 79.6 cm³/mol. The van der Waals surface area contributed by atoms with Gasteiger partial charge in [-0.3, -0.25) is 0 Å². The first-order valence-corrected chi connectivity index (χ1v) is 9.19. The molecular weight excluding hydrogens is 294 g/mol. The van der Waals surface area contributed by atoms with Gasteiger partial charge >= 0.3 is 6.03 Å². The highest BCUT2D eigenvalue weighted by Gasteiger charge is 2.44. The molecule has 2 fully saturated rings. The third-order valence-electron chi connectivity index (χ3n) is 4.12. The van der Waals surface area contributed by atoms with Gasteiger partial charge in [0.25, 0.3) is 0 Å².